The second-order valence-corrected chi connectivity index (χ2v) is 4.24. The maximum Gasteiger partial charge on any atom is 0.219 e. The van der Waals surface area contributed by atoms with Gasteiger partial charge >= 0.3 is 0 Å². The Morgan fingerprint density at radius 3 is 2.87 bits per heavy atom. The minimum atomic E-state index is -0.114. The van der Waals surface area contributed by atoms with Gasteiger partial charge in [-0.3, -0.25) is 4.79 Å². The Morgan fingerprint density at radius 1 is 1.47 bits per heavy atom. The van der Waals surface area contributed by atoms with E-state index in [-0.39, 0.29) is 12.0 Å². The van der Waals surface area contributed by atoms with Gasteiger partial charge in [-0.15, -0.1) is 0 Å². The number of carbonyl (C=O) groups is 1. The van der Waals surface area contributed by atoms with Crippen molar-refractivity contribution in [2.45, 2.75) is 38.2 Å². The van der Waals surface area contributed by atoms with E-state index in [4.69, 9.17) is 0 Å². The summed E-state index contributed by atoms with van der Waals surface area (Å²) in [6, 6.07) is 0. The fourth-order valence-corrected chi connectivity index (χ4v) is 2.04. The molecule has 0 heterocycles. The van der Waals surface area contributed by atoms with Crippen LogP contribution in [0.4, 0.5) is 0 Å². The number of hydrogen-bond donors (Lipinski definition) is 3. The molecule has 0 aromatic rings. The first-order valence-electron chi connectivity index (χ1n) is 5.83. The summed E-state index contributed by atoms with van der Waals surface area (Å²) in [4.78, 5) is 10.9. The molecular formula is C11H22N2O2. The molecule has 3 N–H and O–H groups in total. The second-order valence-electron chi connectivity index (χ2n) is 4.24. The zero-order valence-corrected chi connectivity index (χ0v) is 9.46. The molecule has 1 aliphatic rings. The van der Waals surface area contributed by atoms with Crippen LogP contribution in [0.3, 0.4) is 0 Å². The van der Waals surface area contributed by atoms with Crippen LogP contribution in [0, 0.1) is 5.92 Å². The van der Waals surface area contributed by atoms with Gasteiger partial charge in [0.2, 0.25) is 5.91 Å². The third-order valence-electron chi connectivity index (χ3n) is 3.06. The lowest BCUT2D eigenvalue weighted by Crippen LogP contribution is -2.29. The van der Waals surface area contributed by atoms with E-state index in [9.17, 15) is 9.90 Å². The lowest BCUT2D eigenvalue weighted by molar-refractivity contribution is -0.120. The fraction of sp³-hybridized carbons (Fsp3) is 0.909. The van der Waals surface area contributed by atoms with Crippen molar-refractivity contribution in [3.05, 3.63) is 0 Å². The van der Waals surface area contributed by atoms with Gasteiger partial charge in [-0.25, -0.2) is 0 Å². The normalized spacial score (nSPS) is 25.5. The van der Waals surface area contributed by atoms with E-state index in [1.165, 1.54) is 0 Å². The molecular weight excluding hydrogens is 192 g/mol. The molecule has 1 saturated carbocycles. The van der Waals surface area contributed by atoms with E-state index in [0.717, 1.165) is 38.8 Å². The number of rotatable bonds is 6. The summed E-state index contributed by atoms with van der Waals surface area (Å²) in [6.45, 7) is 1.74. The smallest absolute Gasteiger partial charge is 0.219 e. The minimum Gasteiger partial charge on any atom is -0.393 e. The summed E-state index contributed by atoms with van der Waals surface area (Å²) in [5, 5.41) is 15.5. The van der Waals surface area contributed by atoms with Gasteiger partial charge in [0.1, 0.15) is 0 Å². The summed E-state index contributed by atoms with van der Waals surface area (Å²) < 4.78 is 0. The molecule has 4 nitrogen and oxygen atoms in total. The first-order chi connectivity index (χ1) is 7.24. The number of nitrogens with one attached hydrogen (secondary N) is 2. The summed E-state index contributed by atoms with van der Waals surface area (Å²) in [5.41, 5.74) is 0. The van der Waals surface area contributed by atoms with Crippen LogP contribution in [-0.2, 0) is 4.79 Å². The van der Waals surface area contributed by atoms with Gasteiger partial charge in [0.25, 0.3) is 0 Å². The first kappa shape index (κ1) is 12.5. The highest BCUT2D eigenvalue weighted by atomic mass is 16.3. The molecule has 0 radical (unpaired) electrons. The number of aliphatic hydroxyl groups excluding tert-OH is 1. The number of hydrogen-bond acceptors (Lipinski definition) is 3. The largest absolute Gasteiger partial charge is 0.393 e. The van der Waals surface area contributed by atoms with Gasteiger partial charge in [0.05, 0.1) is 6.10 Å². The van der Waals surface area contributed by atoms with Gasteiger partial charge in [0.15, 0.2) is 0 Å². The van der Waals surface area contributed by atoms with Gasteiger partial charge in [-0.05, 0) is 31.7 Å². The molecule has 1 aliphatic carbocycles. The third kappa shape index (κ3) is 4.62. The van der Waals surface area contributed by atoms with Crippen molar-refractivity contribution in [2.24, 2.45) is 5.92 Å². The highest BCUT2D eigenvalue weighted by Crippen LogP contribution is 2.24. The average molecular weight is 214 g/mol. The van der Waals surface area contributed by atoms with Crippen LogP contribution in [0.1, 0.15) is 32.1 Å². The Morgan fingerprint density at radius 2 is 2.27 bits per heavy atom. The predicted molar refractivity (Wildman–Crippen MR) is 59.5 cm³/mol. The van der Waals surface area contributed by atoms with E-state index < -0.39 is 0 Å². The van der Waals surface area contributed by atoms with Crippen molar-refractivity contribution in [3.8, 4) is 0 Å². The molecule has 88 valence electrons. The standard InChI is InChI=1S/C11H22N2O2/c1-12-11(15)6-3-7-13-8-9-4-2-5-10(9)14/h9-10,13-14H,2-8H2,1H3,(H,12,15). The van der Waals surface area contributed by atoms with E-state index >= 15 is 0 Å². The Hall–Kier alpha value is -0.610. The van der Waals surface area contributed by atoms with Crippen LogP contribution in [0.5, 0.6) is 0 Å². The molecule has 0 bridgehead atoms. The van der Waals surface area contributed by atoms with E-state index in [0.29, 0.717) is 12.3 Å². The van der Waals surface area contributed by atoms with Crippen molar-refractivity contribution >= 4 is 5.91 Å². The van der Waals surface area contributed by atoms with Crippen molar-refractivity contribution < 1.29 is 9.90 Å². The number of amides is 1. The molecule has 4 heteroatoms. The summed E-state index contributed by atoms with van der Waals surface area (Å²) >= 11 is 0. The van der Waals surface area contributed by atoms with Gasteiger partial charge < -0.3 is 15.7 Å². The first-order valence-corrected chi connectivity index (χ1v) is 5.83. The van der Waals surface area contributed by atoms with E-state index in [1.54, 1.807) is 7.05 Å². The fourth-order valence-electron chi connectivity index (χ4n) is 2.04. The van der Waals surface area contributed by atoms with Gasteiger partial charge in [-0.2, -0.15) is 0 Å². The molecule has 0 spiro atoms. The van der Waals surface area contributed by atoms with E-state index in [2.05, 4.69) is 10.6 Å². The van der Waals surface area contributed by atoms with Crippen molar-refractivity contribution in [1.82, 2.24) is 10.6 Å². The molecule has 2 atom stereocenters. The van der Waals surface area contributed by atoms with Gasteiger partial charge in [-0.1, -0.05) is 6.42 Å². The molecule has 0 aromatic carbocycles. The molecule has 1 rings (SSSR count). The summed E-state index contributed by atoms with van der Waals surface area (Å²) in [5.74, 6) is 0.516. The average Bonchev–Trinajstić information content (AvgIpc) is 2.63. The topological polar surface area (TPSA) is 61.4 Å². The van der Waals surface area contributed by atoms with Crippen LogP contribution < -0.4 is 10.6 Å². The molecule has 0 aromatic heterocycles. The SMILES string of the molecule is CNC(=O)CCCNCC1CCCC1O. The molecule has 2 unspecified atom stereocenters. The van der Waals surface area contributed by atoms with Crippen molar-refractivity contribution in [1.29, 1.82) is 0 Å². The Balaban J connectivity index is 1.95. The maximum absolute atomic E-state index is 10.9. The van der Waals surface area contributed by atoms with Gasteiger partial charge in [0, 0.05) is 20.0 Å². The van der Waals surface area contributed by atoms with Crippen LogP contribution in [0.2, 0.25) is 0 Å². The lowest BCUT2D eigenvalue weighted by atomic mass is 10.1. The van der Waals surface area contributed by atoms with Crippen LogP contribution in [0.25, 0.3) is 0 Å². The summed E-state index contributed by atoms with van der Waals surface area (Å²) in [7, 11) is 1.66. The van der Waals surface area contributed by atoms with Crippen LogP contribution >= 0.6 is 0 Å². The second kappa shape index (κ2) is 6.80. The monoisotopic (exact) mass is 214 g/mol. The minimum absolute atomic E-state index is 0.0951. The Labute approximate surface area is 91.4 Å². The van der Waals surface area contributed by atoms with Crippen molar-refractivity contribution in [2.75, 3.05) is 20.1 Å². The zero-order chi connectivity index (χ0) is 11.1. The third-order valence-corrected chi connectivity index (χ3v) is 3.06. The quantitative estimate of drug-likeness (QED) is 0.556. The molecule has 1 amide bonds. The number of carbonyl (C=O) groups excluding carboxylic acids is 1. The van der Waals surface area contributed by atoms with Crippen molar-refractivity contribution in [3.63, 3.8) is 0 Å². The highest BCUT2D eigenvalue weighted by Gasteiger charge is 2.24. The molecule has 15 heavy (non-hydrogen) atoms. The highest BCUT2D eigenvalue weighted by molar-refractivity contribution is 5.75. The van der Waals surface area contributed by atoms with Crippen LogP contribution in [0.15, 0.2) is 0 Å². The lowest BCUT2D eigenvalue weighted by Gasteiger charge is -2.14. The molecule has 0 saturated heterocycles. The Bertz CT molecular complexity index is 197. The molecule has 1 fully saturated rings. The maximum atomic E-state index is 10.9. The summed E-state index contributed by atoms with van der Waals surface area (Å²) in [6.07, 6.45) is 4.55. The number of aliphatic hydroxyl groups is 1. The molecule has 0 aliphatic heterocycles. The van der Waals surface area contributed by atoms with E-state index in [1.807, 2.05) is 0 Å². The predicted octanol–water partition coefficient (Wildman–Crippen LogP) is 0.263. The zero-order valence-electron chi connectivity index (χ0n) is 9.46. The van der Waals surface area contributed by atoms with Crippen LogP contribution in [-0.4, -0.2) is 37.3 Å². The Kier molecular flexibility index (Phi) is 5.65.